The molecule has 0 aliphatic heterocycles. The average Bonchev–Trinajstić information content (AvgIpc) is 3.30. The largest absolute Gasteiger partial charge is 0.461 e. The molecule has 0 saturated heterocycles. The van der Waals surface area contributed by atoms with E-state index < -0.39 is 11.6 Å². The number of hydrogen-bond donors (Lipinski definition) is 1. The first kappa shape index (κ1) is 23.1. The Morgan fingerprint density at radius 1 is 0.969 bits per heavy atom. The van der Waals surface area contributed by atoms with Crippen LogP contribution in [-0.2, 0) is 28.3 Å². The fourth-order valence-corrected chi connectivity index (χ4v) is 5.46. The molecule has 5 nitrogen and oxygen atoms in total. The third kappa shape index (κ3) is 5.26. The Balaban J connectivity index is 1.39. The third-order valence-electron chi connectivity index (χ3n) is 7.39. The summed E-state index contributed by atoms with van der Waals surface area (Å²) in [5.74, 6) is 0.800. The van der Waals surface area contributed by atoms with Crippen molar-refractivity contribution in [3.8, 4) is 0 Å². The smallest absolute Gasteiger partial charge is 0.343 e. The van der Waals surface area contributed by atoms with E-state index in [1.165, 1.54) is 32.1 Å². The van der Waals surface area contributed by atoms with Crippen LogP contribution < -0.4 is 0 Å². The van der Waals surface area contributed by atoms with Gasteiger partial charge in [0.15, 0.2) is 5.60 Å². The highest BCUT2D eigenvalue weighted by Gasteiger charge is 2.47. The average molecular weight is 440 g/mol. The van der Waals surface area contributed by atoms with Crippen molar-refractivity contribution in [2.24, 2.45) is 5.92 Å². The van der Waals surface area contributed by atoms with E-state index in [-0.39, 0.29) is 12.5 Å². The molecule has 1 aromatic carbocycles. The summed E-state index contributed by atoms with van der Waals surface area (Å²) in [6.07, 6.45) is 11.3. The van der Waals surface area contributed by atoms with Crippen molar-refractivity contribution in [3.63, 3.8) is 0 Å². The number of ether oxygens (including phenoxy) is 1. The maximum atomic E-state index is 13.2. The Bertz CT molecular complexity index is 852. The van der Waals surface area contributed by atoms with E-state index in [4.69, 9.17) is 9.15 Å². The molecule has 32 heavy (non-hydrogen) atoms. The van der Waals surface area contributed by atoms with Gasteiger partial charge in [0.05, 0.1) is 6.54 Å². The first-order chi connectivity index (χ1) is 15.6. The Morgan fingerprint density at radius 3 is 2.28 bits per heavy atom. The first-order valence-electron chi connectivity index (χ1n) is 12.3. The van der Waals surface area contributed by atoms with Crippen molar-refractivity contribution in [1.82, 2.24) is 4.90 Å². The fraction of sp³-hybridized carbons (Fsp3) is 0.593. The highest BCUT2D eigenvalue weighted by molar-refractivity contribution is 5.81. The van der Waals surface area contributed by atoms with E-state index >= 15 is 0 Å². The van der Waals surface area contributed by atoms with Crippen molar-refractivity contribution < 1.29 is 19.1 Å². The molecule has 0 amide bonds. The van der Waals surface area contributed by atoms with Crippen LogP contribution in [0.5, 0.6) is 0 Å². The van der Waals surface area contributed by atoms with Gasteiger partial charge in [-0.1, -0.05) is 68.9 Å². The lowest BCUT2D eigenvalue weighted by Crippen LogP contribution is -2.45. The van der Waals surface area contributed by atoms with Crippen molar-refractivity contribution in [2.75, 3.05) is 7.05 Å². The van der Waals surface area contributed by atoms with Crippen molar-refractivity contribution >= 4 is 5.97 Å². The highest BCUT2D eigenvalue weighted by atomic mass is 16.6. The van der Waals surface area contributed by atoms with Gasteiger partial charge in [-0.25, -0.2) is 4.79 Å². The molecule has 0 spiro atoms. The number of esters is 1. The summed E-state index contributed by atoms with van der Waals surface area (Å²) in [7, 11) is 2.16. The molecule has 1 heterocycles. The van der Waals surface area contributed by atoms with E-state index in [0.717, 1.165) is 44.4 Å². The Morgan fingerprint density at radius 2 is 1.59 bits per heavy atom. The molecule has 0 unspecified atom stereocenters. The first-order valence-corrected chi connectivity index (χ1v) is 12.3. The van der Waals surface area contributed by atoms with Gasteiger partial charge in [0.2, 0.25) is 0 Å². The topological polar surface area (TPSA) is 62.9 Å². The lowest BCUT2D eigenvalue weighted by atomic mass is 9.73. The number of aliphatic hydroxyl groups is 1. The molecule has 2 saturated carbocycles. The number of carbonyl (C=O) groups excluding carboxylic acids is 1. The van der Waals surface area contributed by atoms with Gasteiger partial charge in [-0.05, 0) is 50.4 Å². The number of rotatable bonds is 8. The van der Waals surface area contributed by atoms with Crippen molar-refractivity contribution in [1.29, 1.82) is 0 Å². The summed E-state index contributed by atoms with van der Waals surface area (Å²) >= 11 is 0. The van der Waals surface area contributed by atoms with Crippen LogP contribution in [0.3, 0.4) is 0 Å². The molecule has 1 atom stereocenters. The van der Waals surface area contributed by atoms with Crippen LogP contribution in [0.25, 0.3) is 0 Å². The maximum Gasteiger partial charge on any atom is 0.343 e. The molecule has 2 fully saturated rings. The van der Waals surface area contributed by atoms with Crippen LogP contribution in [0.15, 0.2) is 46.9 Å². The molecular formula is C27H37NO4. The number of benzene rings is 1. The molecular weight excluding hydrogens is 402 g/mol. The number of furan rings is 1. The molecule has 0 radical (unpaired) electrons. The number of hydrogen-bond acceptors (Lipinski definition) is 5. The second kappa shape index (κ2) is 10.7. The maximum absolute atomic E-state index is 13.2. The quantitative estimate of drug-likeness (QED) is 0.546. The minimum atomic E-state index is -1.61. The SMILES string of the molecule is CN(Cc1ccc(COC(=O)[C@@](O)(c2ccccc2)C2CCCCC2)o1)C1CCCCC1. The van der Waals surface area contributed by atoms with Crippen LogP contribution in [0.4, 0.5) is 0 Å². The Kier molecular flexibility index (Phi) is 7.69. The van der Waals surface area contributed by atoms with E-state index in [1.807, 2.05) is 42.5 Å². The van der Waals surface area contributed by atoms with Crippen LogP contribution in [-0.4, -0.2) is 29.1 Å². The highest BCUT2D eigenvalue weighted by Crippen LogP contribution is 2.40. The van der Waals surface area contributed by atoms with Gasteiger partial charge in [-0.3, -0.25) is 4.90 Å². The third-order valence-corrected chi connectivity index (χ3v) is 7.39. The molecule has 1 N–H and O–H groups in total. The summed E-state index contributed by atoms with van der Waals surface area (Å²) < 4.78 is 11.6. The molecule has 2 aliphatic carbocycles. The predicted octanol–water partition coefficient (Wildman–Crippen LogP) is 5.56. The van der Waals surface area contributed by atoms with E-state index in [9.17, 15) is 9.90 Å². The summed E-state index contributed by atoms with van der Waals surface area (Å²) in [5, 5.41) is 11.6. The van der Waals surface area contributed by atoms with Gasteiger partial charge < -0.3 is 14.3 Å². The fourth-order valence-electron chi connectivity index (χ4n) is 5.46. The van der Waals surface area contributed by atoms with E-state index in [2.05, 4.69) is 11.9 Å². The van der Waals surface area contributed by atoms with Gasteiger partial charge in [0.1, 0.15) is 18.1 Å². The van der Waals surface area contributed by atoms with Crippen molar-refractivity contribution in [3.05, 3.63) is 59.5 Å². The molecule has 4 rings (SSSR count). The Labute approximate surface area is 191 Å². The lowest BCUT2D eigenvalue weighted by molar-refractivity contribution is -0.177. The molecule has 2 aromatic rings. The number of nitrogens with zero attached hydrogens (tertiary/aromatic N) is 1. The zero-order valence-corrected chi connectivity index (χ0v) is 19.3. The van der Waals surface area contributed by atoms with Crippen LogP contribution >= 0.6 is 0 Å². The van der Waals surface area contributed by atoms with Gasteiger partial charge >= 0.3 is 5.97 Å². The van der Waals surface area contributed by atoms with Crippen LogP contribution in [0.2, 0.25) is 0 Å². The van der Waals surface area contributed by atoms with Gasteiger partial charge in [0.25, 0.3) is 0 Å². The second-order valence-electron chi connectivity index (χ2n) is 9.62. The summed E-state index contributed by atoms with van der Waals surface area (Å²) in [6.45, 7) is 0.794. The monoisotopic (exact) mass is 439 g/mol. The Hall–Kier alpha value is -2.11. The minimum absolute atomic E-state index is 0.0356. The molecule has 2 aliphatic rings. The minimum Gasteiger partial charge on any atom is -0.461 e. The molecule has 1 aromatic heterocycles. The van der Waals surface area contributed by atoms with E-state index in [1.54, 1.807) is 0 Å². The zero-order chi connectivity index (χ0) is 22.4. The molecule has 5 heteroatoms. The lowest BCUT2D eigenvalue weighted by Gasteiger charge is -2.36. The predicted molar refractivity (Wildman–Crippen MR) is 124 cm³/mol. The summed E-state index contributed by atoms with van der Waals surface area (Å²) in [6, 6.07) is 13.7. The summed E-state index contributed by atoms with van der Waals surface area (Å²) in [5.41, 5.74) is -0.996. The van der Waals surface area contributed by atoms with E-state index in [0.29, 0.717) is 17.4 Å². The zero-order valence-electron chi connectivity index (χ0n) is 19.3. The molecule has 174 valence electrons. The summed E-state index contributed by atoms with van der Waals surface area (Å²) in [4.78, 5) is 15.6. The number of carbonyl (C=O) groups is 1. The van der Waals surface area contributed by atoms with Gasteiger partial charge in [-0.15, -0.1) is 0 Å². The normalized spacial score (nSPS) is 20.2. The second-order valence-corrected chi connectivity index (χ2v) is 9.62. The van der Waals surface area contributed by atoms with Gasteiger partial charge in [-0.2, -0.15) is 0 Å². The van der Waals surface area contributed by atoms with Crippen molar-refractivity contribution in [2.45, 2.75) is 89.0 Å². The molecule has 0 bridgehead atoms. The standard InChI is InChI=1S/C27H37NO4/c1-28(23-15-9-4-10-16-23)19-24-17-18-25(32-24)20-31-26(29)27(30,21-11-5-2-6-12-21)22-13-7-3-8-14-22/h2,5-6,11-12,17-18,22-23,30H,3-4,7-10,13-16,19-20H2,1H3/t27-/m1/s1. The van der Waals surface area contributed by atoms with Gasteiger partial charge in [0, 0.05) is 12.0 Å². The van der Waals surface area contributed by atoms with Crippen LogP contribution in [0.1, 0.15) is 81.3 Å². The van der Waals surface area contributed by atoms with Crippen LogP contribution in [0, 0.1) is 5.92 Å².